The van der Waals surface area contributed by atoms with Crippen LogP contribution in [0, 0.1) is 6.92 Å². The van der Waals surface area contributed by atoms with Crippen LogP contribution < -0.4 is 0 Å². The van der Waals surface area contributed by atoms with Gasteiger partial charge in [-0.1, -0.05) is 17.7 Å². The van der Waals surface area contributed by atoms with Gasteiger partial charge in [-0.25, -0.2) is 16.8 Å². The summed E-state index contributed by atoms with van der Waals surface area (Å²) in [6, 6.07) is 3.64. The van der Waals surface area contributed by atoms with Crippen molar-refractivity contribution in [3.05, 3.63) is 28.8 Å². The van der Waals surface area contributed by atoms with E-state index in [0.717, 1.165) is 4.31 Å². The molecule has 1 aliphatic heterocycles. The fourth-order valence-corrected chi connectivity index (χ4v) is 6.70. The van der Waals surface area contributed by atoms with Gasteiger partial charge < -0.3 is 10.2 Å². The second kappa shape index (κ2) is 7.27. The van der Waals surface area contributed by atoms with Crippen molar-refractivity contribution in [1.82, 2.24) is 4.31 Å². The van der Waals surface area contributed by atoms with Crippen molar-refractivity contribution >= 4 is 31.5 Å². The fraction of sp³-hybridized carbons (Fsp3) is 0.571. The summed E-state index contributed by atoms with van der Waals surface area (Å²) >= 11 is 5.90. The Morgan fingerprint density at radius 2 is 2.08 bits per heavy atom. The highest BCUT2D eigenvalue weighted by molar-refractivity contribution is 7.92. The van der Waals surface area contributed by atoms with Gasteiger partial charge in [-0.05, 0) is 31.0 Å². The smallest absolute Gasteiger partial charge is 0.243 e. The van der Waals surface area contributed by atoms with Crippen LogP contribution in [0.1, 0.15) is 12.0 Å². The highest BCUT2D eigenvalue weighted by Gasteiger charge is 2.40. The molecule has 136 valence electrons. The molecule has 1 aromatic rings. The van der Waals surface area contributed by atoms with Crippen LogP contribution in [0.5, 0.6) is 0 Å². The van der Waals surface area contributed by atoms with Gasteiger partial charge in [0, 0.05) is 17.6 Å². The van der Waals surface area contributed by atoms with Gasteiger partial charge >= 0.3 is 0 Å². The Morgan fingerprint density at radius 1 is 1.42 bits per heavy atom. The monoisotopic (exact) mass is 397 g/mol. The molecule has 2 N–H and O–H groups in total. The number of halogens is 1. The first kappa shape index (κ1) is 19.6. The summed E-state index contributed by atoms with van der Waals surface area (Å²) < 4.78 is 50.5. The minimum Gasteiger partial charge on any atom is -0.394 e. The number of aliphatic hydroxyl groups is 2. The number of sulfone groups is 1. The molecule has 0 radical (unpaired) electrons. The summed E-state index contributed by atoms with van der Waals surface area (Å²) in [6.07, 6.45) is -1.15. The summed E-state index contributed by atoms with van der Waals surface area (Å²) in [7, 11) is -7.40. The molecule has 0 amide bonds. The first-order chi connectivity index (χ1) is 11.1. The Kier molecular flexibility index (Phi) is 5.94. The van der Waals surface area contributed by atoms with Gasteiger partial charge in [0.2, 0.25) is 10.0 Å². The van der Waals surface area contributed by atoms with Crippen LogP contribution in [-0.4, -0.2) is 68.2 Å². The average Bonchev–Trinajstić information content (AvgIpc) is 2.86. The number of rotatable bonds is 6. The molecule has 7 nitrogen and oxygen atoms in total. The number of aliphatic hydroxyl groups excluding tert-OH is 2. The van der Waals surface area contributed by atoms with Gasteiger partial charge in [-0.15, -0.1) is 0 Å². The predicted molar refractivity (Wildman–Crippen MR) is 90.2 cm³/mol. The van der Waals surface area contributed by atoms with Crippen LogP contribution in [0.15, 0.2) is 23.1 Å². The highest BCUT2D eigenvalue weighted by Crippen LogP contribution is 2.28. The molecule has 1 heterocycles. The Labute approximate surface area is 146 Å². The Bertz CT molecular complexity index is 809. The van der Waals surface area contributed by atoms with Crippen molar-refractivity contribution in [3.63, 3.8) is 0 Å². The third-order valence-electron chi connectivity index (χ3n) is 3.95. The van der Waals surface area contributed by atoms with E-state index < -0.39 is 38.6 Å². The normalized spacial score (nSPS) is 22.0. The lowest BCUT2D eigenvalue weighted by molar-refractivity contribution is 0.0730. The van der Waals surface area contributed by atoms with E-state index in [0.29, 0.717) is 5.56 Å². The van der Waals surface area contributed by atoms with Gasteiger partial charge in [0.15, 0.2) is 9.84 Å². The van der Waals surface area contributed by atoms with Gasteiger partial charge in [-0.3, -0.25) is 0 Å². The maximum absolute atomic E-state index is 13.0. The molecule has 0 saturated carbocycles. The van der Waals surface area contributed by atoms with E-state index in [1.807, 2.05) is 0 Å². The molecule has 24 heavy (non-hydrogen) atoms. The molecule has 0 aromatic heterocycles. The van der Waals surface area contributed by atoms with Crippen molar-refractivity contribution in [1.29, 1.82) is 0 Å². The van der Waals surface area contributed by atoms with E-state index in [1.165, 1.54) is 6.07 Å². The van der Waals surface area contributed by atoms with Crippen molar-refractivity contribution < 1.29 is 27.0 Å². The lowest BCUT2D eigenvalue weighted by Crippen LogP contribution is -2.46. The molecule has 1 fully saturated rings. The lowest BCUT2D eigenvalue weighted by Gasteiger charge is -2.29. The van der Waals surface area contributed by atoms with Crippen LogP contribution in [0.3, 0.4) is 0 Å². The van der Waals surface area contributed by atoms with Crippen molar-refractivity contribution in [2.75, 3.05) is 24.7 Å². The lowest BCUT2D eigenvalue weighted by atomic mass is 10.2. The maximum Gasteiger partial charge on any atom is 0.243 e. The van der Waals surface area contributed by atoms with E-state index in [1.54, 1.807) is 19.1 Å². The molecule has 0 spiro atoms. The Balaban J connectivity index is 2.47. The van der Waals surface area contributed by atoms with Crippen LogP contribution in [0.25, 0.3) is 0 Å². The molecular weight excluding hydrogens is 378 g/mol. The molecule has 1 aliphatic rings. The largest absolute Gasteiger partial charge is 0.394 e. The second-order valence-electron chi connectivity index (χ2n) is 5.88. The van der Waals surface area contributed by atoms with E-state index in [2.05, 4.69) is 0 Å². The summed E-state index contributed by atoms with van der Waals surface area (Å²) in [5.74, 6) is -0.405. The quantitative estimate of drug-likeness (QED) is 0.708. The van der Waals surface area contributed by atoms with Gasteiger partial charge in [-0.2, -0.15) is 4.31 Å². The van der Waals surface area contributed by atoms with Crippen LogP contribution in [0.2, 0.25) is 5.02 Å². The molecule has 10 heteroatoms. The third-order valence-corrected chi connectivity index (χ3v) is 8.00. The van der Waals surface area contributed by atoms with Gasteiger partial charge in [0.05, 0.1) is 29.1 Å². The van der Waals surface area contributed by atoms with E-state index >= 15 is 0 Å². The van der Waals surface area contributed by atoms with Crippen molar-refractivity contribution in [3.8, 4) is 0 Å². The minimum atomic E-state index is -4.08. The van der Waals surface area contributed by atoms with E-state index in [4.69, 9.17) is 16.7 Å². The van der Waals surface area contributed by atoms with Crippen LogP contribution in [0.4, 0.5) is 0 Å². The topological polar surface area (TPSA) is 112 Å². The minimum absolute atomic E-state index is 0.0376. The molecule has 2 atom stereocenters. The standard InChI is InChI=1S/C14H20ClNO6S2/c1-10-2-3-11(15)6-14(10)24(21,22)16(7-13(18)8-17)12-4-5-23(19,20)9-12/h2-3,6,12-13,17-18H,4-5,7-9H2,1H3/t12-,13-/m1/s1. The number of hydrogen-bond acceptors (Lipinski definition) is 6. The highest BCUT2D eigenvalue weighted by atomic mass is 35.5. The third kappa shape index (κ3) is 4.27. The maximum atomic E-state index is 13.0. The second-order valence-corrected chi connectivity index (χ2v) is 10.4. The van der Waals surface area contributed by atoms with Crippen LogP contribution in [-0.2, 0) is 19.9 Å². The number of benzene rings is 1. The van der Waals surface area contributed by atoms with Gasteiger partial charge in [0.1, 0.15) is 0 Å². The van der Waals surface area contributed by atoms with Crippen molar-refractivity contribution in [2.45, 2.75) is 30.4 Å². The molecule has 0 bridgehead atoms. The van der Waals surface area contributed by atoms with Gasteiger partial charge in [0.25, 0.3) is 0 Å². The zero-order valence-electron chi connectivity index (χ0n) is 13.1. The average molecular weight is 398 g/mol. The number of aryl methyl sites for hydroxylation is 1. The molecule has 2 rings (SSSR count). The fourth-order valence-electron chi connectivity index (χ4n) is 2.69. The number of sulfonamides is 1. The molecule has 0 unspecified atom stereocenters. The van der Waals surface area contributed by atoms with E-state index in [-0.39, 0.29) is 34.4 Å². The first-order valence-corrected chi connectivity index (χ1v) is 11.0. The Morgan fingerprint density at radius 3 is 2.62 bits per heavy atom. The predicted octanol–water partition coefficient (Wildman–Crippen LogP) is 0.179. The molecular formula is C14H20ClNO6S2. The van der Waals surface area contributed by atoms with E-state index in [9.17, 15) is 21.9 Å². The molecule has 0 aliphatic carbocycles. The summed E-state index contributed by atoms with van der Waals surface area (Å²) in [5, 5.41) is 19.0. The van der Waals surface area contributed by atoms with Crippen LogP contribution >= 0.6 is 11.6 Å². The summed E-state index contributed by atoms with van der Waals surface area (Å²) in [5.41, 5.74) is 0.462. The summed E-state index contributed by atoms with van der Waals surface area (Å²) in [6.45, 7) is 0.597. The molecule has 1 aromatic carbocycles. The zero-order chi connectivity index (χ0) is 18.1. The molecule has 1 saturated heterocycles. The number of hydrogen-bond donors (Lipinski definition) is 2. The summed E-state index contributed by atoms with van der Waals surface area (Å²) in [4.78, 5) is -0.0376. The SMILES string of the molecule is Cc1ccc(Cl)cc1S(=O)(=O)N(C[C@@H](O)CO)[C@@H]1CCS(=O)(=O)C1. The Hall–Kier alpha value is -0.710. The number of nitrogens with zero attached hydrogens (tertiary/aromatic N) is 1. The first-order valence-electron chi connectivity index (χ1n) is 7.34. The van der Waals surface area contributed by atoms with Crippen molar-refractivity contribution in [2.24, 2.45) is 0 Å². The zero-order valence-corrected chi connectivity index (χ0v) is 15.5.